The van der Waals surface area contributed by atoms with Gasteiger partial charge in [0.15, 0.2) is 0 Å². The Morgan fingerprint density at radius 2 is 1.65 bits per heavy atom. The van der Waals surface area contributed by atoms with Crippen molar-refractivity contribution in [3.63, 3.8) is 0 Å². The monoisotopic (exact) mass is 425 g/mol. The summed E-state index contributed by atoms with van der Waals surface area (Å²) in [4.78, 5) is 4.50. The van der Waals surface area contributed by atoms with Crippen LogP contribution in [0.1, 0.15) is 61.1 Å². The second kappa shape index (κ2) is 11.8. The zero-order chi connectivity index (χ0) is 18.8. The van der Waals surface area contributed by atoms with Crippen molar-refractivity contribution in [2.75, 3.05) is 0 Å². The summed E-state index contributed by atoms with van der Waals surface area (Å²) in [6.07, 6.45) is 9.35. The molecule has 5 heteroatoms. The molecular formula is C21H25Cl2NOTi. The van der Waals surface area contributed by atoms with Crippen LogP contribution in [0.5, 0.6) is 5.75 Å². The molecule has 0 saturated heterocycles. The Morgan fingerprint density at radius 1 is 1.04 bits per heavy atom. The number of para-hydroxylation sites is 1. The van der Waals surface area contributed by atoms with Gasteiger partial charge < -0.3 is 5.11 Å². The average molecular weight is 426 g/mol. The molecule has 26 heavy (non-hydrogen) atoms. The molecule has 1 N–H and O–H groups in total. The standard InChI is InChI=1S/C21H25NO.2ClH.Ti/c1-16-13-18(15-22-19-11-7-4-8-12-19)21(23)20(14-16)17-9-5-2-3-6-10-17;;;/h4,7-8,11-15,17,23H,2-3,5-6,9-10H2,1H3;2*1H;/q;;;+2/p-2. The molecule has 0 amide bonds. The molecule has 2 aromatic carbocycles. The zero-order valence-corrected chi connectivity index (χ0v) is 18.2. The van der Waals surface area contributed by atoms with Gasteiger partial charge in [-0.2, -0.15) is 0 Å². The molecule has 0 aliphatic heterocycles. The van der Waals surface area contributed by atoms with E-state index in [1.54, 1.807) is 6.21 Å². The summed E-state index contributed by atoms with van der Waals surface area (Å²) in [6.45, 7) is 2.10. The molecule has 1 fully saturated rings. The van der Waals surface area contributed by atoms with Gasteiger partial charge in [0.05, 0.1) is 5.69 Å². The third kappa shape index (κ3) is 6.74. The van der Waals surface area contributed by atoms with Crippen LogP contribution < -0.4 is 0 Å². The van der Waals surface area contributed by atoms with E-state index in [2.05, 4.69) is 18.0 Å². The molecule has 2 aromatic rings. The van der Waals surface area contributed by atoms with Gasteiger partial charge in [-0.3, -0.25) is 4.99 Å². The third-order valence-corrected chi connectivity index (χ3v) is 4.72. The average Bonchev–Trinajstić information content (AvgIpc) is 2.93. The summed E-state index contributed by atoms with van der Waals surface area (Å²) in [5.41, 5.74) is 4.04. The van der Waals surface area contributed by atoms with E-state index in [1.165, 1.54) is 44.1 Å². The maximum atomic E-state index is 10.7. The molecule has 0 bridgehead atoms. The minimum absolute atomic E-state index is 0.419. The number of nitrogens with zero attached hydrogens (tertiary/aromatic N) is 1. The van der Waals surface area contributed by atoms with E-state index in [4.69, 9.17) is 18.6 Å². The number of benzene rings is 2. The SMILES string of the molecule is Cc1cc(C=Nc2ccccc2)c(O)c(C2CCCCCC2)c1.[Cl][Ti][Cl]. The molecule has 1 saturated carbocycles. The summed E-state index contributed by atoms with van der Waals surface area (Å²) < 4.78 is 0. The number of phenolic OH excluding ortho intramolecular Hbond substituents is 1. The molecular weight excluding hydrogens is 401 g/mol. The van der Waals surface area contributed by atoms with Crippen LogP contribution in [0.25, 0.3) is 0 Å². The van der Waals surface area contributed by atoms with Gasteiger partial charge in [0.2, 0.25) is 0 Å². The van der Waals surface area contributed by atoms with Crippen molar-refractivity contribution >= 4 is 30.5 Å². The molecule has 0 unspecified atom stereocenters. The first-order chi connectivity index (χ1) is 12.7. The number of rotatable bonds is 3. The van der Waals surface area contributed by atoms with Gasteiger partial charge in [0, 0.05) is 11.8 Å². The van der Waals surface area contributed by atoms with Crippen LogP contribution >= 0.6 is 18.6 Å². The third-order valence-electron chi connectivity index (χ3n) is 4.72. The second-order valence-electron chi connectivity index (χ2n) is 6.65. The molecule has 3 rings (SSSR count). The number of aliphatic imine (C=N–C) groups is 1. The van der Waals surface area contributed by atoms with E-state index < -0.39 is 17.0 Å². The summed E-state index contributed by atoms with van der Waals surface area (Å²) in [7, 11) is 9.78. The Balaban J connectivity index is 0.000000758. The fourth-order valence-electron chi connectivity index (χ4n) is 3.49. The number of phenols is 1. The number of hydrogen-bond donors (Lipinski definition) is 1. The first-order valence-corrected chi connectivity index (χ1v) is 13.3. The van der Waals surface area contributed by atoms with Gasteiger partial charge in [0.25, 0.3) is 0 Å². The van der Waals surface area contributed by atoms with Crippen molar-refractivity contribution in [3.8, 4) is 5.75 Å². The van der Waals surface area contributed by atoms with Crippen molar-refractivity contribution in [3.05, 3.63) is 59.2 Å². The van der Waals surface area contributed by atoms with Crippen LogP contribution in [-0.4, -0.2) is 11.3 Å². The van der Waals surface area contributed by atoms with E-state index in [1.807, 2.05) is 36.4 Å². The van der Waals surface area contributed by atoms with E-state index >= 15 is 0 Å². The van der Waals surface area contributed by atoms with Crippen LogP contribution in [0.15, 0.2) is 47.5 Å². The molecule has 0 spiro atoms. The molecule has 0 radical (unpaired) electrons. The van der Waals surface area contributed by atoms with Crippen LogP contribution in [0.4, 0.5) is 5.69 Å². The van der Waals surface area contributed by atoms with Gasteiger partial charge in [-0.15, -0.1) is 0 Å². The topological polar surface area (TPSA) is 32.6 Å². The van der Waals surface area contributed by atoms with Crippen LogP contribution in [0.3, 0.4) is 0 Å². The summed E-state index contributed by atoms with van der Waals surface area (Å²) in [5, 5.41) is 10.7. The van der Waals surface area contributed by atoms with E-state index in [9.17, 15) is 5.11 Å². The number of aryl methyl sites for hydroxylation is 1. The number of halogens is 2. The molecule has 1 aliphatic rings. The molecule has 2 nitrogen and oxygen atoms in total. The Hall–Kier alpha value is -0.796. The zero-order valence-electron chi connectivity index (χ0n) is 15.1. The van der Waals surface area contributed by atoms with Crippen LogP contribution in [0, 0.1) is 6.92 Å². The minimum atomic E-state index is -0.556. The van der Waals surface area contributed by atoms with Gasteiger partial charge >= 0.3 is 35.6 Å². The molecule has 0 atom stereocenters. The summed E-state index contributed by atoms with van der Waals surface area (Å²) in [6, 6.07) is 14.0. The Labute approximate surface area is 173 Å². The van der Waals surface area contributed by atoms with Crippen molar-refractivity contribution in [2.45, 2.75) is 51.4 Å². The predicted molar refractivity (Wildman–Crippen MR) is 109 cm³/mol. The molecule has 0 aromatic heterocycles. The quantitative estimate of drug-likeness (QED) is 0.313. The van der Waals surface area contributed by atoms with E-state index in [0.29, 0.717) is 11.7 Å². The number of aromatic hydroxyl groups is 1. The molecule has 138 valence electrons. The maximum absolute atomic E-state index is 10.7. The normalized spacial score (nSPS) is 15.2. The summed E-state index contributed by atoms with van der Waals surface area (Å²) >= 11 is -0.556. The molecule has 0 heterocycles. The van der Waals surface area contributed by atoms with Gasteiger partial charge in [-0.1, -0.05) is 49.9 Å². The molecule has 1 aliphatic carbocycles. The Bertz CT molecular complexity index is 699. The Morgan fingerprint density at radius 3 is 2.27 bits per heavy atom. The fourth-order valence-corrected chi connectivity index (χ4v) is 3.49. The number of hydrogen-bond acceptors (Lipinski definition) is 2. The van der Waals surface area contributed by atoms with Gasteiger partial charge in [0.1, 0.15) is 5.75 Å². The Kier molecular flexibility index (Phi) is 9.78. The van der Waals surface area contributed by atoms with Gasteiger partial charge in [-0.25, -0.2) is 0 Å². The first kappa shape index (κ1) is 21.5. The fraction of sp³-hybridized carbons (Fsp3) is 0.381. The van der Waals surface area contributed by atoms with Crippen LogP contribution in [-0.2, 0) is 17.0 Å². The second-order valence-corrected chi connectivity index (χ2v) is 9.22. The summed E-state index contributed by atoms with van der Waals surface area (Å²) in [5.74, 6) is 0.906. The van der Waals surface area contributed by atoms with E-state index in [0.717, 1.165) is 16.8 Å². The van der Waals surface area contributed by atoms with Crippen molar-refractivity contribution in [1.82, 2.24) is 0 Å². The van der Waals surface area contributed by atoms with Crippen molar-refractivity contribution in [2.24, 2.45) is 4.99 Å². The van der Waals surface area contributed by atoms with Crippen molar-refractivity contribution < 1.29 is 22.1 Å². The predicted octanol–water partition coefficient (Wildman–Crippen LogP) is 7.27. The first-order valence-electron chi connectivity index (χ1n) is 9.04. The van der Waals surface area contributed by atoms with Gasteiger partial charge in [-0.05, 0) is 55.0 Å². The van der Waals surface area contributed by atoms with Crippen molar-refractivity contribution in [1.29, 1.82) is 0 Å². The van der Waals surface area contributed by atoms with E-state index in [-0.39, 0.29) is 0 Å². The van der Waals surface area contributed by atoms with Crippen LogP contribution in [0.2, 0.25) is 0 Å².